The Kier molecular flexibility index (Phi) is 6.01. The third kappa shape index (κ3) is 5.09. The summed E-state index contributed by atoms with van der Waals surface area (Å²) in [6.45, 7) is 4.56. The van der Waals surface area contributed by atoms with E-state index in [9.17, 15) is 4.79 Å². The van der Waals surface area contributed by atoms with Gasteiger partial charge in [0.2, 0.25) is 5.91 Å². The van der Waals surface area contributed by atoms with Crippen LogP contribution in [0.3, 0.4) is 0 Å². The van der Waals surface area contributed by atoms with Crippen LogP contribution in [0.4, 0.5) is 11.6 Å². The standard InChI is InChI=1S/C12H21N5O2/c1-8(12(18)14-5-6-19-4)15-11-7-10(13-3)16-9(2)17-11/h7-8H,5-6H2,1-4H3,(H,14,18)(H2,13,15,16,17). The van der Waals surface area contributed by atoms with Crippen molar-refractivity contribution in [1.82, 2.24) is 15.3 Å². The molecule has 0 aromatic carbocycles. The first-order valence-electron chi connectivity index (χ1n) is 6.13. The topological polar surface area (TPSA) is 88.2 Å². The Morgan fingerprint density at radius 1 is 1.42 bits per heavy atom. The summed E-state index contributed by atoms with van der Waals surface area (Å²) in [5.41, 5.74) is 0. The third-order valence-electron chi connectivity index (χ3n) is 2.46. The molecule has 7 nitrogen and oxygen atoms in total. The minimum atomic E-state index is -0.379. The van der Waals surface area contributed by atoms with Gasteiger partial charge in [-0.05, 0) is 13.8 Å². The summed E-state index contributed by atoms with van der Waals surface area (Å²) >= 11 is 0. The highest BCUT2D eigenvalue weighted by atomic mass is 16.5. The molecule has 0 aliphatic heterocycles. The molecule has 1 amide bonds. The molecule has 1 atom stereocenters. The lowest BCUT2D eigenvalue weighted by atomic mass is 10.3. The van der Waals surface area contributed by atoms with E-state index in [-0.39, 0.29) is 11.9 Å². The van der Waals surface area contributed by atoms with Gasteiger partial charge in [-0.25, -0.2) is 9.97 Å². The van der Waals surface area contributed by atoms with Crippen LogP contribution in [0.15, 0.2) is 6.07 Å². The number of hydrogen-bond donors (Lipinski definition) is 3. The number of nitrogens with one attached hydrogen (secondary N) is 3. The van der Waals surface area contributed by atoms with Crippen LogP contribution in [0.2, 0.25) is 0 Å². The van der Waals surface area contributed by atoms with Crippen LogP contribution in [0, 0.1) is 6.92 Å². The number of ether oxygens (including phenoxy) is 1. The second kappa shape index (κ2) is 7.52. The number of aryl methyl sites for hydroxylation is 1. The zero-order valence-corrected chi connectivity index (χ0v) is 11.8. The van der Waals surface area contributed by atoms with Gasteiger partial charge in [-0.15, -0.1) is 0 Å². The van der Waals surface area contributed by atoms with Crippen LogP contribution in [0.25, 0.3) is 0 Å². The fraction of sp³-hybridized carbons (Fsp3) is 0.583. The van der Waals surface area contributed by atoms with Gasteiger partial charge in [-0.2, -0.15) is 0 Å². The average Bonchev–Trinajstić information content (AvgIpc) is 2.38. The summed E-state index contributed by atoms with van der Waals surface area (Å²) in [5.74, 6) is 1.87. The summed E-state index contributed by atoms with van der Waals surface area (Å²) in [6, 6.07) is 1.38. The lowest BCUT2D eigenvalue weighted by Gasteiger charge is -2.15. The van der Waals surface area contributed by atoms with Gasteiger partial charge in [0, 0.05) is 26.8 Å². The predicted octanol–water partition coefficient (Wildman–Crippen LogP) is 0.390. The van der Waals surface area contributed by atoms with Crippen molar-refractivity contribution < 1.29 is 9.53 Å². The van der Waals surface area contributed by atoms with Gasteiger partial charge in [0.15, 0.2) is 0 Å². The Labute approximate surface area is 113 Å². The molecule has 0 aliphatic carbocycles. The number of aromatic nitrogens is 2. The molecule has 0 aliphatic rings. The Morgan fingerprint density at radius 3 is 2.74 bits per heavy atom. The molecule has 1 aromatic heterocycles. The number of carbonyl (C=O) groups excluding carboxylic acids is 1. The highest BCUT2D eigenvalue weighted by molar-refractivity contribution is 5.83. The first-order valence-corrected chi connectivity index (χ1v) is 6.13. The van der Waals surface area contributed by atoms with Crippen molar-refractivity contribution in [3.05, 3.63) is 11.9 Å². The summed E-state index contributed by atoms with van der Waals surface area (Å²) in [4.78, 5) is 20.2. The van der Waals surface area contributed by atoms with Gasteiger partial charge in [-0.1, -0.05) is 0 Å². The van der Waals surface area contributed by atoms with Crippen LogP contribution < -0.4 is 16.0 Å². The molecule has 0 radical (unpaired) electrons. The summed E-state index contributed by atoms with van der Waals surface area (Å²) in [5, 5.41) is 8.75. The van der Waals surface area contributed by atoms with E-state index in [4.69, 9.17) is 4.74 Å². The number of anilines is 2. The highest BCUT2D eigenvalue weighted by Crippen LogP contribution is 2.11. The molecular formula is C12H21N5O2. The Bertz CT molecular complexity index is 425. The molecule has 1 aromatic rings. The molecule has 7 heteroatoms. The van der Waals surface area contributed by atoms with E-state index >= 15 is 0 Å². The first kappa shape index (κ1) is 15.2. The molecule has 1 rings (SSSR count). The van der Waals surface area contributed by atoms with Gasteiger partial charge < -0.3 is 20.7 Å². The predicted molar refractivity (Wildman–Crippen MR) is 74.3 cm³/mol. The van der Waals surface area contributed by atoms with E-state index in [2.05, 4.69) is 25.9 Å². The summed E-state index contributed by atoms with van der Waals surface area (Å²) in [7, 11) is 3.38. The first-order chi connectivity index (χ1) is 9.06. The molecule has 0 saturated heterocycles. The van der Waals surface area contributed by atoms with Crippen molar-refractivity contribution in [2.24, 2.45) is 0 Å². The summed E-state index contributed by atoms with van der Waals surface area (Å²) < 4.78 is 4.87. The fourth-order valence-corrected chi connectivity index (χ4v) is 1.49. The SMILES string of the molecule is CNc1cc(NC(C)C(=O)NCCOC)nc(C)n1. The molecule has 1 unspecified atom stereocenters. The number of methoxy groups -OCH3 is 1. The Hall–Kier alpha value is -1.89. The zero-order chi connectivity index (χ0) is 14.3. The minimum absolute atomic E-state index is 0.0978. The van der Waals surface area contributed by atoms with Crippen LogP contribution in [0.5, 0.6) is 0 Å². The second-order valence-electron chi connectivity index (χ2n) is 4.09. The maximum absolute atomic E-state index is 11.8. The molecule has 19 heavy (non-hydrogen) atoms. The zero-order valence-electron chi connectivity index (χ0n) is 11.8. The molecule has 0 spiro atoms. The normalized spacial score (nSPS) is 11.8. The highest BCUT2D eigenvalue weighted by Gasteiger charge is 2.13. The smallest absolute Gasteiger partial charge is 0.242 e. The summed E-state index contributed by atoms with van der Waals surface area (Å²) in [6.07, 6.45) is 0. The molecule has 3 N–H and O–H groups in total. The van der Waals surface area contributed by atoms with Gasteiger partial charge in [0.25, 0.3) is 0 Å². The Morgan fingerprint density at radius 2 is 2.11 bits per heavy atom. The van der Waals surface area contributed by atoms with Crippen molar-refractivity contribution in [2.45, 2.75) is 19.9 Å². The number of carbonyl (C=O) groups is 1. The van der Waals surface area contributed by atoms with Crippen LogP contribution in [0.1, 0.15) is 12.7 Å². The largest absolute Gasteiger partial charge is 0.383 e. The maximum Gasteiger partial charge on any atom is 0.242 e. The van der Waals surface area contributed by atoms with Crippen LogP contribution in [-0.2, 0) is 9.53 Å². The number of nitrogens with zero attached hydrogens (tertiary/aromatic N) is 2. The molecule has 0 bridgehead atoms. The van der Waals surface area contributed by atoms with E-state index in [1.165, 1.54) is 0 Å². The van der Waals surface area contributed by atoms with E-state index < -0.39 is 0 Å². The minimum Gasteiger partial charge on any atom is -0.383 e. The third-order valence-corrected chi connectivity index (χ3v) is 2.46. The molecular weight excluding hydrogens is 246 g/mol. The molecule has 0 fully saturated rings. The number of hydrogen-bond acceptors (Lipinski definition) is 6. The van der Waals surface area contributed by atoms with Crippen molar-refractivity contribution >= 4 is 17.5 Å². The van der Waals surface area contributed by atoms with Gasteiger partial charge in [0.1, 0.15) is 23.5 Å². The lowest BCUT2D eigenvalue weighted by molar-refractivity contribution is -0.121. The van der Waals surface area contributed by atoms with E-state index in [1.807, 2.05) is 0 Å². The Balaban J connectivity index is 2.58. The average molecular weight is 267 g/mol. The number of amides is 1. The van der Waals surface area contributed by atoms with E-state index in [1.54, 1.807) is 34.1 Å². The maximum atomic E-state index is 11.8. The molecule has 0 saturated carbocycles. The van der Waals surface area contributed by atoms with Gasteiger partial charge in [-0.3, -0.25) is 4.79 Å². The van der Waals surface area contributed by atoms with Crippen molar-refractivity contribution in [3.63, 3.8) is 0 Å². The quantitative estimate of drug-likeness (QED) is 0.619. The second-order valence-corrected chi connectivity index (χ2v) is 4.09. The van der Waals surface area contributed by atoms with Crippen LogP contribution in [-0.4, -0.2) is 49.2 Å². The van der Waals surface area contributed by atoms with E-state index in [0.29, 0.717) is 30.6 Å². The monoisotopic (exact) mass is 267 g/mol. The van der Waals surface area contributed by atoms with Gasteiger partial charge >= 0.3 is 0 Å². The van der Waals surface area contributed by atoms with Gasteiger partial charge in [0.05, 0.1) is 6.61 Å². The lowest BCUT2D eigenvalue weighted by Crippen LogP contribution is -2.39. The van der Waals surface area contributed by atoms with Crippen LogP contribution >= 0.6 is 0 Å². The molecule has 106 valence electrons. The van der Waals surface area contributed by atoms with Crippen molar-refractivity contribution in [3.8, 4) is 0 Å². The fourth-order valence-electron chi connectivity index (χ4n) is 1.49. The van der Waals surface area contributed by atoms with E-state index in [0.717, 1.165) is 0 Å². The molecule has 1 heterocycles. The van der Waals surface area contributed by atoms with Crippen molar-refractivity contribution in [1.29, 1.82) is 0 Å². The number of rotatable bonds is 7. The van der Waals surface area contributed by atoms with Crippen molar-refractivity contribution in [2.75, 3.05) is 37.9 Å².